The number of thioether (sulfide) groups is 1. The highest BCUT2D eigenvalue weighted by Crippen LogP contribution is 2.26. The van der Waals surface area contributed by atoms with E-state index in [0.29, 0.717) is 24.6 Å². The zero-order valence-electron chi connectivity index (χ0n) is 17.9. The Morgan fingerprint density at radius 1 is 1.10 bits per heavy atom. The molecule has 7 heteroatoms. The first-order valence-corrected chi connectivity index (χ1v) is 11.0. The second-order valence-electron chi connectivity index (χ2n) is 7.59. The van der Waals surface area contributed by atoms with Crippen LogP contribution >= 0.6 is 11.8 Å². The largest absolute Gasteiger partial charge is 0.377 e. The van der Waals surface area contributed by atoms with Crippen LogP contribution in [0.25, 0.3) is 5.69 Å². The third-order valence-electron chi connectivity index (χ3n) is 4.52. The van der Waals surface area contributed by atoms with E-state index in [-0.39, 0.29) is 5.91 Å². The van der Waals surface area contributed by atoms with Crippen molar-refractivity contribution < 1.29 is 9.53 Å². The first-order chi connectivity index (χ1) is 14.5. The first-order valence-electron chi connectivity index (χ1n) is 9.98. The monoisotopic (exact) mass is 424 g/mol. The minimum absolute atomic E-state index is 0.0359. The lowest BCUT2D eigenvalue weighted by molar-refractivity contribution is 0.0949. The molecule has 0 unspecified atom stereocenters. The Hall–Kier alpha value is -2.64. The molecule has 0 atom stereocenters. The molecule has 0 aliphatic carbocycles. The number of aromatic nitrogens is 3. The van der Waals surface area contributed by atoms with Crippen LogP contribution in [0.2, 0.25) is 0 Å². The van der Waals surface area contributed by atoms with E-state index in [9.17, 15) is 4.79 Å². The van der Waals surface area contributed by atoms with Crippen molar-refractivity contribution in [3.8, 4) is 5.69 Å². The van der Waals surface area contributed by atoms with Crippen LogP contribution in [0, 0.1) is 12.8 Å². The van der Waals surface area contributed by atoms with Crippen molar-refractivity contribution in [3.63, 3.8) is 0 Å². The molecular formula is C23H28N4O2S. The lowest BCUT2D eigenvalue weighted by Crippen LogP contribution is -2.27. The number of carbonyl (C=O) groups is 1. The third kappa shape index (κ3) is 5.70. The molecule has 0 fully saturated rings. The Labute approximate surface area is 182 Å². The second kappa shape index (κ2) is 10.4. The summed E-state index contributed by atoms with van der Waals surface area (Å²) < 4.78 is 7.32. The van der Waals surface area contributed by atoms with Crippen molar-refractivity contribution in [2.24, 2.45) is 5.92 Å². The second-order valence-corrected chi connectivity index (χ2v) is 8.53. The van der Waals surface area contributed by atoms with Gasteiger partial charge in [-0.25, -0.2) is 0 Å². The summed E-state index contributed by atoms with van der Waals surface area (Å²) in [6, 6.07) is 16.0. The van der Waals surface area contributed by atoms with E-state index in [1.54, 1.807) is 18.9 Å². The molecule has 0 aliphatic heterocycles. The van der Waals surface area contributed by atoms with Crippen molar-refractivity contribution in [1.82, 2.24) is 20.1 Å². The van der Waals surface area contributed by atoms with E-state index in [0.717, 1.165) is 28.0 Å². The number of benzene rings is 2. The third-order valence-corrected chi connectivity index (χ3v) is 5.52. The highest BCUT2D eigenvalue weighted by molar-refractivity contribution is 7.98. The smallest absolute Gasteiger partial charge is 0.251 e. The van der Waals surface area contributed by atoms with Gasteiger partial charge in [-0.1, -0.05) is 55.4 Å². The molecule has 1 N–H and O–H groups in total. The van der Waals surface area contributed by atoms with Gasteiger partial charge in [0.25, 0.3) is 5.91 Å². The Kier molecular flexibility index (Phi) is 7.65. The average molecular weight is 425 g/mol. The van der Waals surface area contributed by atoms with Gasteiger partial charge >= 0.3 is 0 Å². The Balaban J connectivity index is 1.71. The number of nitrogens with one attached hydrogen (secondary N) is 1. The van der Waals surface area contributed by atoms with Crippen molar-refractivity contribution in [3.05, 3.63) is 71.0 Å². The molecule has 6 nitrogen and oxygen atoms in total. The van der Waals surface area contributed by atoms with E-state index in [4.69, 9.17) is 4.74 Å². The summed E-state index contributed by atoms with van der Waals surface area (Å²) >= 11 is 1.61. The normalized spacial score (nSPS) is 11.1. The summed E-state index contributed by atoms with van der Waals surface area (Å²) in [4.78, 5) is 12.2. The number of hydrogen-bond acceptors (Lipinski definition) is 5. The van der Waals surface area contributed by atoms with Gasteiger partial charge in [0.15, 0.2) is 11.0 Å². The van der Waals surface area contributed by atoms with Crippen molar-refractivity contribution in [1.29, 1.82) is 0 Å². The molecule has 3 aromatic rings. The molecule has 3 rings (SSSR count). The van der Waals surface area contributed by atoms with Crippen molar-refractivity contribution in [2.75, 3.05) is 13.7 Å². The van der Waals surface area contributed by atoms with Gasteiger partial charge in [-0.3, -0.25) is 9.36 Å². The number of nitrogens with zero attached hydrogens (tertiary/aromatic N) is 3. The molecule has 1 aromatic heterocycles. The standard InChI is InChI=1S/C23H28N4O2S/c1-16(2)13-24-22(28)19-9-7-18(8-10-19)15-30-23-26-25-21(14-29-4)27(23)20-11-5-17(3)6-12-20/h5-12,16H,13-15H2,1-4H3,(H,24,28). The summed E-state index contributed by atoms with van der Waals surface area (Å²) in [5, 5.41) is 12.4. The molecule has 1 amide bonds. The van der Waals surface area contributed by atoms with Gasteiger partial charge in [0.1, 0.15) is 6.61 Å². The topological polar surface area (TPSA) is 69.0 Å². The molecule has 158 valence electrons. The van der Waals surface area contributed by atoms with Crippen LogP contribution in [0.3, 0.4) is 0 Å². The van der Waals surface area contributed by atoms with E-state index < -0.39 is 0 Å². The zero-order chi connectivity index (χ0) is 21.5. The molecule has 2 aromatic carbocycles. The van der Waals surface area contributed by atoms with Gasteiger partial charge < -0.3 is 10.1 Å². The van der Waals surface area contributed by atoms with E-state index in [1.165, 1.54) is 5.56 Å². The number of methoxy groups -OCH3 is 1. The van der Waals surface area contributed by atoms with E-state index in [1.807, 2.05) is 28.8 Å². The lowest BCUT2D eigenvalue weighted by Gasteiger charge is -2.11. The predicted octanol–water partition coefficient (Wildman–Crippen LogP) is 4.40. The van der Waals surface area contributed by atoms with Crippen molar-refractivity contribution >= 4 is 17.7 Å². The van der Waals surface area contributed by atoms with Crippen LogP contribution in [0.5, 0.6) is 0 Å². The molecule has 0 spiro atoms. The fourth-order valence-electron chi connectivity index (χ4n) is 2.87. The van der Waals surface area contributed by atoms with Gasteiger partial charge in [0.2, 0.25) is 0 Å². The number of aryl methyl sites for hydroxylation is 1. The van der Waals surface area contributed by atoms with Gasteiger partial charge in [-0.05, 0) is 42.7 Å². The maximum Gasteiger partial charge on any atom is 0.251 e. The van der Waals surface area contributed by atoms with Gasteiger partial charge in [-0.2, -0.15) is 0 Å². The SMILES string of the molecule is COCc1nnc(SCc2ccc(C(=O)NCC(C)C)cc2)n1-c1ccc(C)cc1. The van der Waals surface area contributed by atoms with E-state index >= 15 is 0 Å². The number of carbonyl (C=O) groups excluding carboxylic acids is 1. The van der Waals surface area contributed by atoms with Gasteiger partial charge in [-0.15, -0.1) is 10.2 Å². The first kappa shape index (κ1) is 22.1. The van der Waals surface area contributed by atoms with Crippen LogP contribution in [-0.2, 0) is 17.1 Å². The van der Waals surface area contributed by atoms with Crippen LogP contribution in [-0.4, -0.2) is 34.3 Å². The maximum atomic E-state index is 12.2. The van der Waals surface area contributed by atoms with Crippen molar-refractivity contribution in [2.45, 2.75) is 38.3 Å². The molecule has 0 saturated carbocycles. The Bertz CT molecular complexity index is 966. The maximum absolute atomic E-state index is 12.2. The fourth-order valence-corrected chi connectivity index (χ4v) is 3.80. The lowest BCUT2D eigenvalue weighted by atomic mass is 10.1. The Morgan fingerprint density at radius 3 is 2.43 bits per heavy atom. The van der Waals surface area contributed by atoms with Crippen LogP contribution in [0.4, 0.5) is 0 Å². The zero-order valence-corrected chi connectivity index (χ0v) is 18.7. The molecule has 0 saturated heterocycles. The molecule has 0 radical (unpaired) electrons. The average Bonchev–Trinajstić information content (AvgIpc) is 3.14. The minimum atomic E-state index is -0.0359. The number of amides is 1. The molecule has 1 heterocycles. The van der Waals surface area contributed by atoms with E-state index in [2.05, 4.69) is 60.6 Å². The highest BCUT2D eigenvalue weighted by Gasteiger charge is 2.15. The predicted molar refractivity (Wildman–Crippen MR) is 120 cm³/mol. The highest BCUT2D eigenvalue weighted by atomic mass is 32.2. The summed E-state index contributed by atoms with van der Waals surface area (Å²) in [5.41, 5.74) is 4.01. The summed E-state index contributed by atoms with van der Waals surface area (Å²) in [6.07, 6.45) is 0. The summed E-state index contributed by atoms with van der Waals surface area (Å²) in [6.45, 7) is 7.28. The van der Waals surface area contributed by atoms with Gasteiger partial charge in [0, 0.05) is 30.7 Å². The Morgan fingerprint density at radius 2 is 1.80 bits per heavy atom. The number of ether oxygens (including phenoxy) is 1. The number of hydrogen-bond donors (Lipinski definition) is 1. The van der Waals surface area contributed by atoms with Crippen LogP contribution in [0.15, 0.2) is 53.7 Å². The van der Waals surface area contributed by atoms with Crippen LogP contribution in [0.1, 0.15) is 41.2 Å². The molecular weight excluding hydrogens is 396 g/mol. The van der Waals surface area contributed by atoms with Gasteiger partial charge in [0.05, 0.1) is 0 Å². The quantitative estimate of drug-likeness (QED) is 0.516. The summed E-state index contributed by atoms with van der Waals surface area (Å²) in [5.74, 6) is 1.89. The minimum Gasteiger partial charge on any atom is -0.377 e. The number of rotatable bonds is 9. The summed E-state index contributed by atoms with van der Waals surface area (Å²) in [7, 11) is 1.65. The molecule has 30 heavy (non-hydrogen) atoms. The van der Waals surface area contributed by atoms with Crippen LogP contribution < -0.4 is 5.32 Å². The molecule has 0 bridgehead atoms. The fraction of sp³-hybridized carbons (Fsp3) is 0.348. The molecule has 0 aliphatic rings.